The lowest BCUT2D eigenvalue weighted by atomic mass is 10.0. The second kappa shape index (κ2) is 10.7. The number of aliphatic hydroxyl groups excluding tert-OH is 1. The average molecular weight is 358 g/mol. The Morgan fingerprint density at radius 1 is 0.731 bits per heavy atom. The van der Waals surface area contributed by atoms with Crippen molar-refractivity contribution in [2.24, 2.45) is 0 Å². The first-order valence-corrected chi connectivity index (χ1v) is 9.18. The molecule has 4 nitrogen and oxygen atoms in total. The van der Waals surface area contributed by atoms with Crippen molar-refractivity contribution in [1.29, 1.82) is 0 Å². The SMILES string of the molecule is COc1ccc(CCCC[C@H](O)CCc2ccc(OC)c(OC)c2)cc1. The van der Waals surface area contributed by atoms with Crippen molar-refractivity contribution in [3.63, 3.8) is 0 Å². The molecule has 2 aromatic carbocycles. The van der Waals surface area contributed by atoms with Crippen LogP contribution in [-0.2, 0) is 12.8 Å². The Morgan fingerprint density at radius 3 is 2.08 bits per heavy atom. The van der Waals surface area contributed by atoms with Gasteiger partial charge in [0.25, 0.3) is 0 Å². The van der Waals surface area contributed by atoms with Crippen LogP contribution in [0.2, 0.25) is 0 Å². The third-order valence-corrected chi connectivity index (χ3v) is 4.63. The number of methoxy groups -OCH3 is 3. The van der Waals surface area contributed by atoms with Crippen LogP contribution in [0.4, 0.5) is 0 Å². The van der Waals surface area contributed by atoms with Crippen LogP contribution >= 0.6 is 0 Å². The van der Waals surface area contributed by atoms with E-state index in [-0.39, 0.29) is 6.10 Å². The normalized spacial score (nSPS) is 11.8. The number of aliphatic hydroxyl groups is 1. The minimum atomic E-state index is -0.265. The van der Waals surface area contributed by atoms with E-state index in [1.165, 1.54) is 5.56 Å². The van der Waals surface area contributed by atoms with E-state index < -0.39 is 0 Å². The number of ether oxygens (including phenoxy) is 3. The van der Waals surface area contributed by atoms with Crippen LogP contribution in [0.3, 0.4) is 0 Å². The van der Waals surface area contributed by atoms with Crippen molar-refractivity contribution in [1.82, 2.24) is 0 Å². The van der Waals surface area contributed by atoms with Crippen LogP contribution in [0.15, 0.2) is 42.5 Å². The second-order valence-corrected chi connectivity index (χ2v) is 6.48. The molecule has 0 aliphatic rings. The van der Waals surface area contributed by atoms with Crippen molar-refractivity contribution in [3.05, 3.63) is 53.6 Å². The maximum Gasteiger partial charge on any atom is 0.160 e. The van der Waals surface area contributed by atoms with Crippen LogP contribution in [0.1, 0.15) is 36.8 Å². The van der Waals surface area contributed by atoms with Gasteiger partial charge in [0.2, 0.25) is 0 Å². The van der Waals surface area contributed by atoms with Crippen molar-refractivity contribution in [2.75, 3.05) is 21.3 Å². The minimum absolute atomic E-state index is 0.265. The van der Waals surface area contributed by atoms with Crippen LogP contribution in [0, 0.1) is 0 Å². The lowest BCUT2D eigenvalue weighted by Crippen LogP contribution is -2.08. The van der Waals surface area contributed by atoms with E-state index in [1.807, 2.05) is 30.3 Å². The molecule has 0 saturated carbocycles. The molecule has 0 saturated heterocycles. The molecule has 142 valence electrons. The van der Waals surface area contributed by atoms with E-state index in [0.717, 1.165) is 61.3 Å². The maximum absolute atomic E-state index is 10.2. The van der Waals surface area contributed by atoms with Gasteiger partial charge in [0.05, 0.1) is 27.4 Å². The number of aryl methyl sites for hydroxylation is 2. The lowest BCUT2D eigenvalue weighted by molar-refractivity contribution is 0.151. The molecule has 2 rings (SSSR count). The van der Waals surface area contributed by atoms with Gasteiger partial charge in [0.1, 0.15) is 5.75 Å². The highest BCUT2D eigenvalue weighted by atomic mass is 16.5. The summed E-state index contributed by atoms with van der Waals surface area (Å²) in [6, 6.07) is 14.1. The van der Waals surface area contributed by atoms with Crippen molar-refractivity contribution in [2.45, 2.75) is 44.6 Å². The van der Waals surface area contributed by atoms with E-state index in [4.69, 9.17) is 14.2 Å². The van der Waals surface area contributed by atoms with Gasteiger partial charge in [-0.2, -0.15) is 0 Å². The Bertz CT molecular complexity index is 652. The first kappa shape index (κ1) is 20.1. The van der Waals surface area contributed by atoms with E-state index in [0.29, 0.717) is 0 Å². The van der Waals surface area contributed by atoms with E-state index in [2.05, 4.69) is 12.1 Å². The van der Waals surface area contributed by atoms with E-state index in [1.54, 1.807) is 21.3 Å². The van der Waals surface area contributed by atoms with Crippen LogP contribution in [-0.4, -0.2) is 32.5 Å². The lowest BCUT2D eigenvalue weighted by Gasteiger charge is -2.12. The Kier molecular flexibility index (Phi) is 8.29. The molecule has 26 heavy (non-hydrogen) atoms. The zero-order chi connectivity index (χ0) is 18.8. The van der Waals surface area contributed by atoms with Gasteiger partial charge in [0, 0.05) is 0 Å². The van der Waals surface area contributed by atoms with E-state index in [9.17, 15) is 5.11 Å². The zero-order valence-electron chi connectivity index (χ0n) is 16.0. The Labute approximate surface area is 156 Å². The van der Waals surface area contributed by atoms with Gasteiger partial charge in [-0.3, -0.25) is 0 Å². The summed E-state index contributed by atoms with van der Waals surface area (Å²) in [6.45, 7) is 0. The Morgan fingerprint density at radius 2 is 1.42 bits per heavy atom. The van der Waals surface area contributed by atoms with Gasteiger partial charge in [-0.05, 0) is 67.5 Å². The smallest absolute Gasteiger partial charge is 0.160 e. The van der Waals surface area contributed by atoms with Gasteiger partial charge in [0.15, 0.2) is 11.5 Å². The molecule has 1 N–H and O–H groups in total. The molecule has 0 aliphatic carbocycles. The third kappa shape index (κ3) is 6.26. The maximum atomic E-state index is 10.2. The fraction of sp³-hybridized carbons (Fsp3) is 0.455. The molecule has 0 spiro atoms. The number of benzene rings is 2. The molecule has 0 unspecified atom stereocenters. The molecular formula is C22H30O4. The van der Waals surface area contributed by atoms with E-state index >= 15 is 0 Å². The topological polar surface area (TPSA) is 47.9 Å². The number of rotatable bonds is 11. The highest BCUT2D eigenvalue weighted by Gasteiger charge is 2.08. The molecular weight excluding hydrogens is 328 g/mol. The van der Waals surface area contributed by atoms with Crippen molar-refractivity contribution >= 4 is 0 Å². The number of hydrogen-bond acceptors (Lipinski definition) is 4. The summed E-state index contributed by atoms with van der Waals surface area (Å²) < 4.78 is 15.7. The van der Waals surface area contributed by atoms with Gasteiger partial charge >= 0.3 is 0 Å². The molecule has 0 fully saturated rings. The van der Waals surface area contributed by atoms with Crippen LogP contribution in [0.5, 0.6) is 17.2 Å². The summed E-state index contributed by atoms with van der Waals surface area (Å²) in [6.07, 6.45) is 5.31. The van der Waals surface area contributed by atoms with Gasteiger partial charge in [-0.25, -0.2) is 0 Å². The molecule has 0 bridgehead atoms. The summed E-state index contributed by atoms with van der Waals surface area (Å²) >= 11 is 0. The number of hydrogen-bond donors (Lipinski definition) is 1. The molecule has 2 aromatic rings. The fourth-order valence-corrected chi connectivity index (χ4v) is 3.02. The average Bonchev–Trinajstić information content (AvgIpc) is 2.69. The van der Waals surface area contributed by atoms with Gasteiger partial charge in [-0.15, -0.1) is 0 Å². The molecule has 4 heteroatoms. The Hall–Kier alpha value is -2.20. The summed E-state index contributed by atoms with van der Waals surface area (Å²) in [5.41, 5.74) is 2.46. The standard InChI is InChI=1S/C22H30O4/c1-24-20-13-9-17(10-14-20)6-4-5-7-19(23)12-8-18-11-15-21(25-2)22(16-18)26-3/h9-11,13-16,19,23H,4-8,12H2,1-3H3/t19-/m0/s1. The predicted octanol–water partition coefficient (Wildman–Crippen LogP) is 4.42. The van der Waals surface area contributed by atoms with Crippen molar-refractivity contribution < 1.29 is 19.3 Å². The molecule has 1 atom stereocenters. The second-order valence-electron chi connectivity index (χ2n) is 6.48. The highest BCUT2D eigenvalue weighted by molar-refractivity contribution is 5.42. The number of unbranched alkanes of at least 4 members (excludes halogenated alkanes) is 1. The summed E-state index contributed by atoms with van der Waals surface area (Å²) in [7, 11) is 4.95. The highest BCUT2D eigenvalue weighted by Crippen LogP contribution is 2.28. The molecule has 0 amide bonds. The Balaban J connectivity index is 1.67. The fourth-order valence-electron chi connectivity index (χ4n) is 3.02. The van der Waals surface area contributed by atoms with Crippen LogP contribution in [0.25, 0.3) is 0 Å². The largest absolute Gasteiger partial charge is 0.497 e. The minimum Gasteiger partial charge on any atom is -0.497 e. The molecule has 0 heterocycles. The first-order chi connectivity index (χ1) is 12.7. The van der Waals surface area contributed by atoms with Crippen molar-refractivity contribution in [3.8, 4) is 17.2 Å². The predicted molar refractivity (Wildman–Crippen MR) is 104 cm³/mol. The van der Waals surface area contributed by atoms with Gasteiger partial charge < -0.3 is 19.3 Å². The molecule has 0 radical (unpaired) electrons. The summed E-state index contributed by atoms with van der Waals surface area (Å²) in [5.74, 6) is 2.36. The summed E-state index contributed by atoms with van der Waals surface area (Å²) in [4.78, 5) is 0. The quantitative estimate of drug-likeness (QED) is 0.604. The summed E-state index contributed by atoms with van der Waals surface area (Å²) in [5, 5.41) is 10.2. The zero-order valence-corrected chi connectivity index (χ0v) is 16.0. The van der Waals surface area contributed by atoms with Crippen LogP contribution < -0.4 is 14.2 Å². The monoisotopic (exact) mass is 358 g/mol. The molecule has 0 aliphatic heterocycles. The van der Waals surface area contributed by atoms with Gasteiger partial charge in [-0.1, -0.05) is 24.6 Å². The first-order valence-electron chi connectivity index (χ1n) is 9.18. The molecule has 0 aromatic heterocycles. The third-order valence-electron chi connectivity index (χ3n) is 4.63.